The Labute approximate surface area is 153 Å². The smallest absolute Gasteiger partial charge is 0.130 e. The molecule has 1 aromatic heterocycles. The van der Waals surface area contributed by atoms with E-state index in [9.17, 15) is 0 Å². The second-order valence-corrected chi connectivity index (χ2v) is 7.57. The maximum atomic E-state index is 6.12. The fraction of sp³-hybridized carbons (Fsp3) is 0.318. The largest absolute Gasteiger partial charge is 0.487 e. The normalized spacial score (nSPS) is 21.0. The number of hydrogen-bond acceptors (Lipinski definition) is 3. The first-order chi connectivity index (χ1) is 12.7. The van der Waals surface area contributed by atoms with E-state index in [2.05, 4.69) is 53.3 Å². The van der Waals surface area contributed by atoms with Crippen LogP contribution >= 0.6 is 0 Å². The SMILES string of the molecule is C[C@H]1C[C@H](Nc2ccc3c(c2)OCc2cc(-c4ccccc4)nn2C3)C1. The van der Waals surface area contributed by atoms with Crippen molar-refractivity contribution in [3.63, 3.8) is 0 Å². The fourth-order valence-corrected chi connectivity index (χ4v) is 3.94. The molecule has 1 N–H and O–H groups in total. The molecule has 1 saturated carbocycles. The first-order valence-electron chi connectivity index (χ1n) is 9.39. The molecule has 1 fully saturated rings. The Morgan fingerprint density at radius 1 is 1.08 bits per heavy atom. The summed E-state index contributed by atoms with van der Waals surface area (Å²) in [4.78, 5) is 0. The van der Waals surface area contributed by atoms with Gasteiger partial charge in [-0.05, 0) is 30.9 Å². The summed E-state index contributed by atoms with van der Waals surface area (Å²) < 4.78 is 8.18. The van der Waals surface area contributed by atoms with Gasteiger partial charge < -0.3 is 10.1 Å². The Hall–Kier alpha value is -2.75. The molecule has 132 valence electrons. The summed E-state index contributed by atoms with van der Waals surface area (Å²) in [5.41, 5.74) is 5.60. The minimum absolute atomic E-state index is 0.552. The molecule has 1 aliphatic carbocycles. The van der Waals surface area contributed by atoms with Crippen LogP contribution in [0.15, 0.2) is 54.6 Å². The molecule has 2 aliphatic rings. The molecule has 5 rings (SSSR count). The molecule has 0 amide bonds. The maximum absolute atomic E-state index is 6.12. The van der Waals surface area contributed by atoms with Crippen LogP contribution in [0.4, 0.5) is 5.69 Å². The highest BCUT2D eigenvalue weighted by Gasteiger charge is 2.25. The Morgan fingerprint density at radius 3 is 2.73 bits per heavy atom. The van der Waals surface area contributed by atoms with E-state index in [1.54, 1.807) is 0 Å². The Kier molecular flexibility index (Phi) is 3.70. The van der Waals surface area contributed by atoms with Gasteiger partial charge in [0.25, 0.3) is 0 Å². The predicted molar refractivity (Wildman–Crippen MR) is 103 cm³/mol. The summed E-state index contributed by atoms with van der Waals surface area (Å²) in [5.74, 6) is 1.81. The van der Waals surface area contributed by atoms with Gasteiger partial charge in [-0.15, -0.1) is 0 Å². The van der Waals surface area contributed by atoms with Gasteiger partial charge in [0.15, 0.2) is 0 Å². The number of ether oxygens (including phenoxy) is 1. The van der Waals surface area contributed by atoms with Gasteiger partial charge >= 0.3 is 0 Å². The number of fused-ring (bicyclic) bond motifs is 2. The number of benzene rings is 2. The molecule has 0 spiro atoms. The maximum Gasteiger partial charge on any atom is 0.130 e. The number of nitrogens with one attached hydrogen (secondary N) is 1. The van der Waals surface area contributed by atoms with Gasteiger partial charge in [0.05, 0.1) is 17.9 Å². The lowest BCUT2D eigenvalue weighted by molar-refractivity contribution is 0.300. The third-order valence-electron chi connectivity index (χ3n) is 5.44. The minimum Gasteiger partial charge on any atom is -0.487 e. The molecular weight excluding hydrogens is 322 g/mol. The van der Waals surface area contributed by atoms with Crippen LogP contribution in [0.5, 0.6) is 5.75 Å². The molecule has 4 heteroatoms. The number of rotatable bonds is 3. The number of anilines is 1. The molecular formula is C22H23N3O. The summed E-state index contributed by atoms with van der Waals surface area (Å²) in [7, 11) is 0. The Balaban J connectivity index is 1.38. The predicted octanol–water partition coefficient (Wildman–Crippen LogP) is 4.70. The van der Waals surface area contributed by atoms with E-state index in [4.69, 9.17) is 9.84 Å². The third-order valence-corrected chi connectivity index (χ3v) is 5.44. The van der Waals surface area contributed by atoms with Crippen LogP contribution in [0.3, 0.4) is 0 Å². The van der Waals surface area contributed by atoms with E-state index in [1.807, 2.05) is 18.2 Å². The van der Waals surface area contributed by atoms with Crippen LogP contribution in [0, 0.1) is 5.92 Å². The monoisotopic (exact) mass is 345 g/mol. The van der Waals surface area contributed by atoms with Crippen LogP contribution in [0.2, 0.25) is 0 Å². The van der Waals surface area contributed by atoms with Crippen molar-refractivity contribution in [1.82, 2.24) is 9.78 Å². The molecule has 0 atom stereocenters. The van der Waals surface area contributed by atoms with Crippen molar-refractivity contribution in [2.24, 2.45) is 5.92 Å². The van der Waals surface area contributed by atoms with Crippen LogP contribution in [-0.2, 0) is 13.2 Å². The average Bonchev–Trinajstić information content (AvgIpc) is 2.96. The van der Waals surface area contributed by atoms with Crippen molar-refractivity contribution in [2.75, 3.05) is 5.32 Å². The van der Waals surface area contributed by atoms with E-state index >= 15 is 0 Å². The molecule has 26 heavy (non-hydrogen) atoms. The molecule has 0 saturated heterocycles. The van der Waals surface area contributed by atoms with Crippen LogP contribution in [0.25, 0.3) is 11.3 Å². The second kappa shape index (κ2) is 6.20. The topological polar surface area (TPSA) is 39.1 Å². The van der Waals surface area contributed by atoms with E-state index in [0.717, 1.165) is 40.9 Å². The highest BCUT2D eigenvalue weighted by atomic mass is 16.5. The highest BCUT2D eigenvalue weighted by Crippen LogP contribution is 2.33. The van der Waals surface area contributed by atoms with Crippen molar-refractivity contribution in [1.29, 1.82) is 0 Å². The highest BCUT2D eigenvalue weighted by molar-refractivity contribution is 5.59. The molecule has 0 unspecified atom stereocenters. The molecule has 2 aromatic carbocycles. The number of aromatic nitrogens is 2. The van der Waals surface area contributed by atoms with Gasteiger partial charge in [-0.2, -0.15) is 5.10 Å². The average molecular weight is 345 g/mol. The molecule has 4 nitrogen and oxygen atoms in total. The first-order valence-corrected chi connectivity index (χ1v) is 9.39. The summed E-state index contributed by atoms with van der Waals surface area (Å²) >= 11 is 0. The Bertz CT molecular complexity index is 926. The minimum atomic E-state index is 0.552. The molecule has 3 aromatic rings. The van der Waals surface area contributed by atoms with E-state index in [0.29, 0.717) is 12.6 Å². The summed E-state index contributed by atoms with van der Waals surface area (Å²) in [6, 6.07) is 19.5. The van der Waals surface area contributed by atoms with Gasteiger partial charge in [-0.3, -0.25) is 4.68 Å². The zero-order valence-electron chi connectivity index (χ0n) is 15.0. The van der Waals surface area contributed by atoms with Gasteiger partial charge in [-0.25, -0.2) is 0 Å². The van der Waals surface area contributed by atoms with E-state index < -0.39 is 0 Å². The van der Waals surface area contributed by atoms with Gasteiger partial charge in [-0.1, -0.05) is 43.3 Å². The molecule has 0 radical (unpaired) electrons. The zero-order chi connectivity index (χ0) is 17.5. The molecule has 2 heterocycles. The standard InChI is InChI=1S/C22H23N3O/c1-15-9-19(10-15)23-18-8-7-17-13-25-20(14-26-22(17)11-18)12-21(24-25)16-5-3-2-4-6-16/h2-8,11-12,15,19,23H,9-10,13-14H2,1H3/t15-,19-. The number of nitrogens with zero attached hydrogens (tertiary/aromatic N) is 2. The Morgan fingerprint density at radius 2 is 1.92 bits per heavy atom. The van der Waals surface area contributed by atoms with Gasteiger partial charge in [0.1, 0.15) is 12.4 Å². The summed E-state index contributed by atoms with van der Waals surface area (Å²) in [6.07, 6.45) is 2.52. The van der Waals surface area contributed by atoms with E-state index in [-0.39, 0.29) is 0 Å². The van der Waals surface area contributed by atoms with E-state index in [1.165, 1.54) is 18.4 Å². The molecule has 1 aliphatic heterocycles. The van der Waals surface area contributed by atoms with Crippen molar-refractivity contribution in [3.05, 3.63) is 65.9 Å². The van der Waals surface area contributed by atoms with Crippen molar-refractivity contribution < 1.29 is 4.74 Å². The number of hydrogen-bond donors (Lipinski definition) is 1. The quantitative estimate of drug-likeness (QED) is 0.748. The summed E-state index contributed by atoms with van der Waals surface area (Å²) in [5, 5.41) is 8.42. The lowest BCUT2D eigenvalue weighted by Crippen LogP contribution is -2.33. The second-order valence-electron chi connectivity index (χ2n) is 7.57. The van der Waals surface area contributed by atoms with Crippen molar-refractivity contribution >= 4 is 5.69 Å². The lowest BCUT2D eigenvalue weighted by atomic mass is 9.82. The van der Waals surface area contributed by atoms with Crippen molar-refractivity contribution in [2.45, 2.75) is 39.0 Å². The zero-order valence-corrected chi connectivity index (χ0v) is 15.0. The van der Waals surface area contributed by atoms with Crippen molar-refractivity contribution in [3.8, 4) is 17.0 Å². The first kappa shape index (κ1) is 15.5. The lowest BCUT2D eigenvalue weighted by Gasteiger charge is -2.34. The third kappa shape index (κ3) is 2.85. The van der Waals surface area contributed by atoms with Gasteiger partial charge in [0, 0.05) is 28.9 Å². The van der Waals surface area contributed by atoms with Crippen LogP contribution in [-0.4, -0.2) is 15.8 Å². The van der Waals surface area contributed by atoms with Crippen LogP contribution in [0.1, 0.15) is 31.0 Å². The molecule has 0 bridgehead atoms. The summed E-state index contributed by atoms with van der Waals surface area (Å²) in [6.45, 7) is 3.61. The fourth-order valence-electron chi connectivity index (χ4n) is 3.94. The van der Waals surface area contributed by atoms with Crippen LogP contribution < -0.4 is 10.1 Å². The van der Waals surface area contributed by atoms with Gasteiger partial charge in [0.2, 0.25) is 0 Å².